The van der Waals surface area contributed by atoms with Crippen LogP contribution in [0.4, 0.5) is 0 Å². The number of nitrogens with one attached hydrogen (secondary N) is 1. The summed E-state index contributed by atoms with van der Waals surface area (Å²) in [4.78, 5) is 24.0. The molecule has 0 radical (unpaired) electrons. The zero-order chi connectivity index (χ0) is 23.1. The molecule has 0 bridgehead atoms. The summed E-state index contributed by atoms with van der Waals surface area (Å²) in [6.07, 6.45) is 1.43. The van der Waals surface area contributed by atoms with E-state index >= 15 is 0 Å². The van der Waals surface area contributed by atoms with Gasteiger partial charge in [-0.2, -0.15) is 5.10 Å². The van der Waals surface area contributed by atoms with Crippen LogP contribution in [0.3, 0.4) is 0 Å². The van der Waals surface area contributed by atoms with E-state index in [4.69, 9.17) is 44.3 Å². The maximum Gasteiger partial charge on any atom is 0.343 e. The Morgan fingerprint density at radius 2 is 1.59 bits per heavy atom. The van der Waals surface area contributed by atoms with Crippen molar-refractivity contribution in [2.24, 2.45) is 5.10 Å². The minimum Gasteiger partial charge on any atom is -0.481 e. The van der Waals surface area contributed by atoms with Gasteiger partial charge in [-0.1, -0.05) is 50.7 Å². The van der Waals surface area contributed by atoms with Gasteiger partial charge in [0, 0.05) is 9.50 Å². The van der Waals surface area contributed by atoms with Crippen LogP contribution in [0.2, 0.25) is 15.1 Å². The molecule has 0 aliphatic rings. The largest absolute Gasteiger partial charge is 0.481 e. The smallest absolute Gasteiger partial charge is 0.343 e. The number of hydrogen-bond donors (Lipinski definition) is 1. The third-order valence-corrected chi connectivity index (χ3v) is 5.19. The summed E-state index contributed by atoms with van der Waals surface area (Å²) >= 11 is 21.1. The second kappa shape index (κ2) is 11.3. The number of amides is 1. The van der Waals surface area contributed by atoms with E-state index in [0.29, 0.717) is 21.9 Å². The molecular formula is C22H14BrCl3N2O4. The summed E-state index contributed by atoms with van der Waals surface area (Å²) < 4.78 is 11.5. The average Bonchev–Trinajstić information content (AvgIpc) is 2.74. The maximum absolute atomic E-state index is 12.1. The molecular weight excluding hydrogens is 543 g/mol. The fraction of sp³-hybridized carbons (Fsp3) is 0.0455. The van der Waals surface area contributed by atoms with Crippen LogP contribution in [-0.2, 0) is 4.79 Å². The number of carbonyl (C=O) groups is 2. The van der Waals surface area contributed by atoms with Crippen LogP contribution in [0.15, 0.2) is 70.2 Å². The van der Waals surface area contributed by atoms with E-state index in [0.717, 1.165) is 4.47 Å². The highest BCUT2D eigenvalue weighted by Gasteiger charge is 2.11. The Labute approximate surface area is 207 Å². The van der Waals surface area contributed by atoms with E-state index in [1.54, 1.807) is 48.5 Å². The number of rotatable bonds is 7. The van der Waals surface area contributed by atoms with Crippen LogP contribution in [-0.4, -0.2) is 24.7 Å². The van der Waals surface area contributed by atoms with E-state index in [1.807, 2.05) is 0 Å². The first-order chi connectivity index (χ1) is 15.3. The molecule has 32 heavy (non-hydrogen) atoms. The number of nitrogens with zero attached hydrogens (tertiary/aromatic N) is 1. The number of hydrogen-bond acceptors (Lipinski definition) is 5. The van der Waals surface area contributed by atoms with Crippen molar-refractivity contribution in [3.63, 3.8) is 0 Å². The summed E-state index contributed by atoms with van der Waals surface area (Å²) in [5.74, 6) is -0.440. The van der Waals surface area contributed by atoms with Crippen molar-refractivity contribution in [3.8, 4) is 11.5 Å². The molecule has 0 aliphatic heterocycles. The minimum atomic E-state index is -0.511. The van der Waals surface area contributed by atoms with Gasteiger partial charge in [-0.05, 0) is 66.2 Å². The lowest BCUT2D eigenvalue weighted by atomic mass is 10.2. The van der Waals surface area contributed by atoms with Crippen molar-refractivity contribution in [3.05, 3.63) is 91.3 Å². The van der Waals surface area contributed by atoms with Crippen LogP contribution in [0, 0.1) is 0 Å². The first kappa shape index (κ1) is 24.1. The molecule has 3 aromatic rings. The third-order valence-electron chi connectivity index (χ3n) is 3.88. The van der Waals surface area contributed by atoms with Crippen LogP contribution < -0.4 is 14.9 Å². The molecule has 0 spiro atoms. The van der Waals surface area contributed by atoms with Gasteiger partial charge in [-0.15, -0.1) is 0 Å². The molecule has 0 saturated heterocycles. The first-order valence-electron chi connectivity index (χ1n) is 8.99. The van der Waals surface area contributed by atoms with Crippen molar-refractivity contribution < 1.29 is 19.1 Å². The second-order valence-electron chi connectivity index (χ2n) is 6.25. The van der Waals surface area contributed by atoms with Crippen LogP contribution in [0.5, 0.6) is 11.5 Å². The van der Waals surface area contributed by atoms with E-state index in [-0.39, 0.29) is 22.4 Å². The minimum absolute atomic E-state index is 0.158. The highest BCUT2D eigenvalue weighted by molar-refractivity contribution is 9.10. The zero-order valence-corrected chi connectivity index (χ0v) is 20.0. The van der Waals surface area contributed by atoms with Gasteiger partial charge in [0.2, 0.25) is 0 Å². The monoisotopic (exact) mass is 554 g/mol. The van der Waals surface area contributed by atoms with Gasteiger partial charge >= 0.3 is 5.97 Å². The molecule has 3 aromatic carbocycles. The van der Waals surface area contributed by atoms with Gasteiger partial charge in [-0.3, -0.25) is 4.79 Å². The summed E-state index contributed by atoms with van der Waals surface area (Å²) in [5, 5.41) is 4.60. The van der Waals surface area contributed by atoms with E-state index in [1.165, 1.54) is 18.3 Å². The van der Waals surface area contributed by atoms with Crippen LogP contribution in [0.25, 0.3) is 0 Å². The molecule has 3 rings (SSSR count). The topological polar surface area (TPSA) is 77.0 Å². The van der Waals surface area contributed by atoms with Gasteiger partial charge in [0.25, 0.3) is 5.91 Å². The van der Waals surface area contributed by atoms with Crippen molar-refractivity contribution in [2.45, 2.75) is 0 Å². The van der Waals surface area contributed by atoms with E-state index in [2.05, 4.69) is 26.5 Å². The molecule has 0 atom stereocenters. The number of ether oxygens (including phenoxy) is 2. The summed E-state index contributed by atoms with van der Waals surface area (Å²) in [7, 11) is 0. The average molecular weight is 557 g/mol. The molecule has 0 saturated carbocycles. The molecule has 1 amide bonds. The summed E-state index contributed by atoms with van der Waals surface area (Å²) in [6, 6.07) is 16.4. The third kappa shape index (κ3) is 6.97. The van der Waals surface area contributed by atoms with Gasteiger partial charge in [0.05, 0.1) is 21.8 Å². The lowest BCUT2D eigenvalue weighted by molar-refractivity contribution is -0.123. The standard InChI is InChI=1S/C22H14BrCl3N2O4/c23-15-5-3-14(4-6-15)22(30)32-17-7-1-13(2-8-17)11-27-28-20(29)12-31-21-18(25)9-16(24)10-19(21)26/h1-11H,12H2,(H,28,29). The Kier molecular flexibility index (Phi) is 8.53. The fourth-order valence-corrected chi connectivity index (χ4v) is 3.58. The van der Waals surface area contributed by atoms with Crippen molar-refractivity contribution in [1.82, 2.24) is 5.43 Å². The molecule has 164 valence electrons. The number of esters is 1. The number of benzene rings is 3. The second-order valence-corrected chi connectivity index (χ2v) is 8.41. The molecule has 10 heteroatoms. The molecule has 1 N–H and O–H groups in total. The molecule has 6 nitrogen and oxygen atoms in total. The lowest BCUT2D eigenvalue weighted by Gasteiger charge is -2.09. The number of carbonyl (C=O) groups excluding carboxylic acids is 2. The normalized spacial score (nSPS) is 10.8. The molecule has 0 fully saturated rings. The number of halogens is 4. The maximum atomic E-state index is 12.1. The Morgan fingerprint density at radius 1 is 0.969 bits per heavy atom. The Balaban J connectivity index is 1.48. The molecule has 0 heterocycles. The SMILES string of the molecule is O=C(COc1c(Cl)cc(Cl)cc1Cl)NN=Cc1ccc(OC(=O)c2ccc(Br)cc2)cc1. The highest BCUT2D eigenvalue weighted by Crippen LogP contribution is 2.35. The zero-order valence-electron chi connectivity index (χ0n) is 16.2. The highest BCUT2D eigenvalue weighted by atomic mass is 79.9. The van der Waals surface area contributed by atoms with E-state index < -0.39 is 11.9 Å². The lowest BCUT2D eigenvalue weighted by Crippen LogP contribution is -2.24. The summed E-state index contributed by atoms with van der Waals surface area (Å²) in [5.41, 5.74) is 3.44. The Morgan fingerprint density at radius 3 is 2.22 bits per heavy atom. The molecule has 0 aromatic heterocycles. The quantitative estimate of drug-likeness (QED) is 0.164. The van der Waals surface area contributed by atoms with Crippen molar-refractivity contribution >= 4 is 68.8 Å². The fourth-order valence-electron chi connectivity index (χ4n) is 2.39. The molecule has 0 unspecified atom stereocenters. The van der Waals surface area contributed by atoms with Gasteiger partial charge in [0.1, 0.15) is 5.75 Å². The van der Waals surface area contributed by atoms with E-state index in [9.17, 15) is 9.59 Å². The van der Waals surface area contributed by atoms with Crippen LogP contribution >= 0.6 is 50.7 Å². The first-order valence-corrected chi connectivity index (χ1v) is 10.9. The van der Waals surface area contributed by atoms with Gasteiger partial charge in [0.15, 0.2) is 12.4 Å². The number of hydrazone groups is 1. The van der Waals surface area contributed by atoms with Crippen molar-refractivity contribution in [2.75, 3.05) is 6.61 Å². The van der Waals surface area contributed by atoms with Gasteiger partial charge < -0.3 is 9.47 Å². The van der Waals surface area contributed by atoms with Crippen LogP contribution in [0.1, 0.15) is 15.9 Å². The molecule has 0 aliphatic carbocycles. The Hall–Kier alpha value is -2.58. The predicted molar refractivity (Wildman–Crippen MR) is 128 cm³/mol. The Bertz CT molecular complexity index is 1130. The predicted octanol–water partition coefficient (Wildman–Crippen LogP) is 6.16. The van der Waals surface area contributed by atoms with Crippen molar-refractivity contribution in [1.29, 1.82) is 0 Å². The summed E-state index contributed by atoms with van der Waals surface area (Å²) in [6.45, 7) is -0.344. The van der Waals surface area contributed by atoms with Gasteiger partial charge in [-0.25, -0.2) is 10.2 Å².